The van der Waals surface area contributed by atoms with Crippen molar-refractivity contribution < 1.29 is 18.0 Å². The summed E-state index contributed by atoms with van der Waals surface area (Å²) < 4.78 is 26.9. The molecule has 1 aromatic carbocycles. The van der Waals surface area contributed by atoms with Gasteiger partial charge in [-0.05, 0) is 49.1 Å². The zero-order chi connectivity index (χ0) is 21.4. The third-order valence-electron chi connectivity index (χ3n) is 4.94. The molecule has 9 heteroatoms. The number of carbonyl (C=O) groups is 2. The lowest BCUT2D eigenvalue weighted by Gasteiger charge is -2.25. The number of aromatic nitrogens is 1. The molecule has 1 saturated heterocycles. The number of pyridine rings is 1. The molecule has 0 radical (unpaired) electrons. The van der Waals surface area contributed by atoms with Crippen LogP contribution in [0.1, 0.15) is 30.5 Å². The topological polar surface area (TPSA) is 108 Å². The van der Waals surface area contributed by atoms with Crippen molar-refractivity contribution >= 4 is 21.8 Å². The normalized spacial score (nSPS) is 14.8. The fourth-order valence-corrected chi connectivity index (χ4v) is 4.75. The van der Waals surface area contributed by atoms with E-state index in [9.17, 15) is 18.0 Å². The fourth-order valence-electron chi connectivity index (χ4n) is 3.24. The van der Waals surface area contributed by atoms with Crippen LogP contribution >= 0.6 is 0 Å². The Morgan fingerprint density at radius 2 is 1.63 bits per heavy atom. The molecule has 0 spiro atoms. The van der Waals surface area contributed by atoms with Gasteiger partial charge in [-0.1, -0.05) is 24.6 Å². The van der Waals surface area contributed by atoms with Gasteiger partial charge in [-0.3, -0.25) is 14.6 Å². The summed E-state index contributed by atoms with van der Waals surface area (Å²) in [6.07, 6.45) is 4.96. The largest absolute Gasteiger partial charge is 0.348 e. The average Bonchev–Trinajstić information content (AvgIpc) is 2.79. The quantitative estimate of drug-likeness (QED) is 0.643. The van der Waals surface area contributed by atoms with E-state index in [1.54, 1.807) is 48.7 Å². The van der Waals surface area contributed by atoms with Gasteiger partial charge >= 0.3 is 11.8 Å². The number of amides is 2. The molecule has 1 fully saturated rings. The van der Waals surface area contributed by atoms with Crippen LogP contribution in [0.25, 0.3) is 0 Å². The Labute approximate surface area is 176 Å². The summed E-state index contributed by atoms with van der Waals surface area (Å²) in [5, 5.41) is 5.08. The maximum absolute atomic E-state index is 12.7. The first-order chi connectivity index (χ1) is 14.5. The Morgan fingerprint density at radius 1 is 0.933 bits per heavy atom. The van der Waals surface area contributed by atoms with Crippen LogP contribution in [0.3, 0.4) is 0 Å². The van der Waals surface area contributed by atoms with Gasteiger partial charge in [0.1, 0.15) is 0 Å². The molecule has 1 aromatic heterocycles. The van der Waals surface area contributed by atoms with Crippen molar-refractivity contribution in [3.63, 3.8) is 0 Å². The Hall–Kier alpha value is -2.78. The number of nitrogens with zero attached hydrogens (tertiary/aromatic N) is 2. The number of sulfonamides is 1. The van der Waals surface area contributed by atoms with Crippen molar-refractivity contribution in [3.8, 4) is 0 Å². The number of carbonyl (C=O) groups excluding carboxylic acids is 2. The molecule has 2 amide bonds. The summed E-state index contributed by atoms with van der Waals surface area (Å²) >= 11 is 0. The van der Waals surface area contributed by atoms with Crippen LogP contribution in [0.2, 0.25) is 0 Å². The van der Waals surface area contributed by atoms with Gasteiger partial charge in [0.25, 0.3) is 0 Å². The number of hydrogen-bond donors (Lipinski definition) is 2. The molecule has 2 heterocycles. The highest BCUT2D eigenvalue weighted by atomic mass is 32.2. The summed E-state index contributed by atoms with van der Waals surface area (Å²) in [5.74, 6) is -1.43. The summed E-state index contributed by atoms with van der Waals surface area (Å²) in [6.45, 7) is 1.59. The molecular formula is C21H26N4O4S. The lowest BCUT2D eigenvalue weighted by molar-refractivity contribution is -0.139. The molecule has 0 bridgehead atoms. The summed E-state index contributed by atoms with van der Waals surface area (Å²) in [4.78, 5) is 28.1. The van der Waals surface area contributed by atoms with Gasteiger partial charge in [-0.15, -0.1) is 0 Å². The van der Waals surface area contributed by atoms with Crippen molar-refractivity contribution in [3.05, 3.63) is 59.9 Å². The van der Waals surface area contributed by atoms with E-state index in [1.807, 2.05) is 0 Å². The minimum absolute atomic E-state index is 0.181. The molecule has 160 valence electrons. The van der Waals surface area contributed by atoms with Gasteiger partial charge in [-0.2, -0.15) is 4.31 Å². The van der Waals surface area contributed by atoms with E-state index in [-0.39, 0.29) is 18.0 Å². The van der Waals surface area contributed by atoms with E-state index in [0.717, 1.165) is 24.8 Å². The molecule has 1 aliphatic rings. The van der Waals surface area contributed by atoms with Gasteiger partial charge < -0.3 is 10.6 Å². The summed E-state index contributed by atoms with van der Waals surface area (Å²) in [6, 6.07) is 12.0. The van der Waals surface area contributed by atoms with Crippen LogP contribution < -0.4 is 10.6 Å². The molecule has 0 saturated carbocycles. The van der Waals surface area contributed by atoms with E-state index >= 15 is 0 Å². The van der Waals surface area contributed by atoms with Gasteiger partial charge in [0.2, 0.25) is 10.0 Å². The van der Waals surface area contributed by atoms with Crippen LogP contribution in [0.15, 0.2) is 53.6 Å². The molecule has 0 aliphatic carbocycles. The first-order valence-corrected chi connectivity index (χ1v) is 11.5. The minimum Gasteiger partial charge on any atom is -0.348 e. The predicted molar refractivity (Wildman–Crippen MR) is 112 cm³/mol. The van der Waals surface area contributed by atoms with E-state index < -0.39 is 21.8 Å². The Balaban J connectivity index is 1.44. The maximum atomic E-state index is 12.7. The highest BCUT2D eigenvalue weighted by Crippen LogP contribution is 2.20. The van der Waals surface area contributed by atoms with Crippen molar-refractivity contribution in [2.75, 3.05) is 19.6 Å². The highest BCUT2D eigenvalue weighted by molar-refractivity contribution is 7.89. The molecular weight excluding hydrogens is 404 g/mol. The second-order valence-electron chi connectivity index (χ2n) is 7.12. The van der Waals surface area contributed by atoms with Crippen molar-refractivity contribution in [1.29, 1.82) is 0 Å². The Kier molecular flexibility index (Phi) is 7.53. The first-order valence-electron chi connectivity index (χ1n) is 10.0. The molecule has 2 N–H and O–H groups in total. The van der Waals surface area contributed by atoms with Crippen LogP contribution in [0, 0.1) is 0 Å². The number of benzene rings is 1. The monoisotopic (exact) mass is 430 g/mol. The van der Waals surface area contributed by atoms with E-state index in [1.165, 1.54) is 4.31 Å². The van der Waals surface area contributed by atoms with Crippen molar-refractivity contribution in [2.45, 2.75) is 37.1 Å². The van der Waals surface area contributed by atoms with Gasteiger partial charge in [0, 0.05) is 25.8 Å². The van der Waals surface area contributed by atoms with Crippen LogP contribution in [-0.4, -0.2) is 49.2 Å². The molecule has 1 aliphatic heterocycles. The zero-order valence-electron chi connectivity index (χ0n) is 16.7. The van der Waals surface area contributed by atoms with Crippen molar-refractivity contribution in [1.82, 2.24) is 19.9 Å². The lowest BCUT2D eigenvalue weighted by Crippen LogP contribution is -2.40. The zero-order valence-corrected chi connectivity index (χ0v) is 17.5. The average molecular weight is 431 g/mol. The minimum atomic E-state index is -3.45. The van der Waals surface area contributed by atoms with Crippen LogP contribution in [0.5, 0.6) is 0 Å². The van der Waals surface area contributed by atoms with E-state index in [0.29, 0.717) is 25.2 Å². The predicted octanol–water partition coefficient (Wildman–Crippen LogP) is 1.23. The third kappa shape index (κ3) is 5.87. The van der Waals surface area contributed by atoms with E-state index in [2.05, 4.69) is 15.6 Å². The summed E-state index contributed by atoms with van der Waals surface area (Å²) in [5.41, 5.74) is 1.54. The molecule has 30 heavy (non-hydrogen) atoms. The number of nitrogens with one attached hydrogen (secondary N) is 2. The number of hydrogen-bond acceptors (Lipinski definition) is 5. The first kappa shape index (κ1) is 21.9. The highest BCUT2D eigenvalue weighted by Gasteiger charge is 2.25. The molecule has 3 rings (SSSR count). The van der Waals surface area contributed by atoms with Crippen molar-refractivity contribution in [2.24, 2.45) is 0 Å². The number of rotatable bonds is 7. The second-order valence-corrected chi connectivity index (χ2v) is 9.06. The van der Waals surface area contributed by atoms with Gasteiger partial charge in [0.15, 0.2) is 0 Å². The fraction of sp³-hybridized carbons (Fsp3) is 0.381. The summed E-state index contributed by atoms with van der Waals surface area (Å²) in [7, 11) is -3.45. The van der Waals surface area contributed by atoms with Crippen LogP contribution in [0.4, 0.5) is 0 Å². The Bertz CT molecular complexity index is 956. The van der Waals surface area contributed by atoms with Crippen LogP contribution in [-0.2, 0) is 32.6 Å². The molecule has 8 nitrogen and oxygen atoms in total. The van der Waals surface area contributed by atoms with E-state index in [4.69, 9.17) is 0 Å². The SMILES string of the molecule is O=C(NCCc1ccc(S(=O)(=O)N2CCCCC2)cc1)C(=O)NCc1ccccn1. The second kappa shape index (κ2) is 10.3. The maximum Gasteiger partial charge on any atom is 0.309 e. The molecule has 2 aromatic rings. The molecule has 0 atom stereocenters. The number of piperidine rings is 1. The van der Waals surface area contributed by atoms with Gasteiger partial charge in [-0.25, -0.2) is 8.42 Å². The lowest BCUT2D eigenvalue weighted by atomic mass is 10.1. The third-order valence-corrected chi connectivity index (χ3v) is 6.85. The smallest absolute Gasteiger partial charge is 0.309 e. The van der Waals surface area contributed by atoms with Gasteiger partial charge in [0.05, 0.1) is 17.1 Å². The molecule has 0 unspecified atom stereocenters. The Morgan fingerprint density at radius 3 is 2.30 bits per heavy atom. The standard InChI is InChI=1S/C21H26N4O4S/c26-20(21(27)24-16-18-6-2-3-12-22-18)23-13-11-17-7-9-19(10-8-17)30(28,29)25-14-4-1-5-15-25/h2-3,6-10,12H,1,4-5,11,13-16H2,(H,23,26)(H,24,27).